The van der Waals surface area contributed by atoms with Crippen molar-refractivity contribution in [1.29, 1.82) is 0 Å². The number of carbonyl (C=O) groups is 1. The molecule has 1 aromatic carbocycles. The van der Waals surface area contributed by atoms with Crippen molar-refractivity contribution in [2.45, 2.75) is 57.5 Å². The topological polar surface area (TPSA) is 32.8 Å². The number of piperidine rings is 1. The average molecular weight is 427 g/mol. The molecule has 2 aliphatic heterocycles. The third-order valence-electron chi connectivity index (χ3n) is 6.51. The number of benzene rings is 1. The quantitative estimate of drug-likeness (QED) is 0.689. The number of rotatable bonds is 2. The fourth-order valence-corrected chi connectivity index (χ4v) is 4.75. The molecule has 0 aromatic heterocycles. The lowest BCUT2D eigenvalue weighted by molar-refractivity contribution is -0.150. The molecular weight excluding hydrogens is 393 g/mol. The predicted molar refractivity (Wildman–Crippen MR) is 111 cm³/mol. The summed E-state index contributed by atoms with van der Waals surface area (Å²) < 4.78 is 43.3. The molecule has 0 unspecified atom stereocenters. The third kappa shape index (κ3) is 6.62. The molecule has 1 amide bonds. The van der Waals surface area contributed by atoms with Crippen LogP contribution in [0.15, 0.2) is 24.3 Å². The monoisotopic (exact) mass is 426 g/mol. The molecule has 1 fully saturated rings. The summed E-state index contributed by atoms with van der Waals surface area (Å²) in [4.78, 5) is 16.1. The summed E-state index contributed by atoms with van der Waals surface area (Å²) in [5.41, 5.74) is 1.37. The van der Waals surface area contributed by atoms with Crippen molar-refractivity contribution in [1.82, 2.24) is 9.80 Å². The van der Waals surface area contributed by atoms with E-state index in [0.29, 0.717) is 19.7 Å². The van der Waals surface area contributed by atoms with Gasteiger partial charge in [-0.1, -0.05) is 24.6 Å². The van der Waals surface area contributed by atoms with Crippen LogP contribution in [0, 0.1) is 5.41 Å². The first-order valence-corrected chi connectivity index (χ1v) is 11.0. The highest BCUT2D eigenvalue weighted by Gasteiger charge is 2.37. The number of carbonyl (C=O) groups excluding carboxylic acids is 1. The number of hydrogen-bond acceptors (Lipinski definition) is 3. The molecule has 4 nitrogen and oxygen atoms in total. The molecule has 0 N–H and O–H groups in total. The molecule has 2 heterocycles. The first-order chi connectivity index (χ1) is 14.3. The van der Waals surface area contributed by atoms with E-state index in [1.807, 2.05) is 18.2 Å². The van der Waals surface area contributed by atoms with E-state index in [9.17, 15) is 18.0 Å². The first-order valence-electron chi connectivity index (χ1n) is 11.0. The number of likely N-dealkylation sites (N-methyl/N-ethyl adjacent to an activating group) is 1. The van der Waals surface area contributed by atoms with Crippen LogP contribution < -0.4 is 4.74 Å². The van der Waals surface area contributed by atoms with Crippen molar-refractivity contribution in [2.24, 2.45) is 5.41 Å². The largest absolute Gasteiger partial charge is 0.492 e. The van der Waals surface area contributed by atoms with E-state index in [2.05, 4.69) is 18.0 Å². The van der Waals surface area contributed by atoms with Crippen LogP contribution in [0.3, 0.4) is 0 Å². The van der Waals surface area contributed by atoms with Crippen molar-refractivity contribution in [3.63, 3.8) is 0 Å². The zero-order valence-corrected chi connectivity index (χ0v) is 17.8. The van der Waals surface area contributed by atoms with E-state index in [-0.39, 0.29) is 11.3 Å². The van der Waals surface area contributed by atoms with E-state index in [4.69, 9.17) is 4.74 Å². The molecule has 0 aliphatic carbocycles. The van der Waals surface area contributed by atoms with Gasteiger partial charge in [0.25, 0.3) is 0 Å². The second-order valence-electron chi connectivity index (χ2n) is 8.90. The summed E-state index contributed by atoms with van der Waals surface area (Å²) in [6.45, 7) is 3.51. The van der Waals surface area contributed by atoms with Crippen LogP contribution in [-0.2, 0) is 11.2 Å². The Hall–Kier alpha value is -1.76. The Balaban J connectivity index is 1.58. The molecule has 1 saturated heterocycles. The smallest absolute Gasteiger partial charge is 0.389 e. The minimum atomic E-state index is -4.27. The number of fused-ring (bicyclic) bond motifs is 1. The van der Waals surface area contributed by atoms with Gasteiger partial charge in [-0.05, 0) is 56.2 Å². The lowest BCUT2D eigenvalue weighted by Crippen LogP contribution is -2.48. The van der Waals surface area contributed by atoms with E-state index >= 15 is 0 Å². The normalized spacial score (nSPS) is 21.3. The Morgan fingerprint density at radius 1 is 1.10 bits per heavy atom. The molecule has 168 valence electrons. The van der Waals surface area contributed by atoms with Crippen molar-refractivity contribution >= 4 is 5.91 Å². The Morgan fingerprint density at radius 3 is 2.57 bits per heavy atom. The fraction of sp³-hybridized carbons (Fsp3) is 0.696. The van der Waals surface area contributed by atoms with E-state index in [1.165, 1.54) is 5.56 Å². The third-order valence-corrected chi connectivity index (χ3v) is 6.51. The number of aryl methyl sites for hydroxylation is 1. The van der Waals surface area contributed by atoms with Crippen LogP contribution in [0.4, 0.5) is 13.2 Å². The van der Waals surface area contributed by atoms with Gasteiger partial charge in [0.05, 0.1) is 6.42 Å². The Morgan fingerprint density at radius 2 is 1.83 bits per heavy atom. The Bertz CT molecular complexity index is 700. The van der Waals surface area contributed by atoms with Crippen molar-refractivity contribution < 1.29 is 22.7 Å². The SMILES string of the molecule is CN1CCOc2ccccc2CCCCC2(CCN(C(=O)CCC(F)(F)F)CC2)C1. The maximum atomic E-state index is 12.4. The van der Waals surface area contributed by atoms with Crippen molar-refractivity contribution in [3.8, 4) is 5.75 Å². The van der Waals surface area contributed by atoms with Gasteiger partial charge in [-0.3, -0.25) is 4.79 Å². The summed E-state index contributed by atoms with van der Waals surface area (Å²) in [6.07, 6.45) is 0.229. The van der Waals surface area contributed by atoms with Crippen LogP contribution in [0.25, 0.3) is 0 Å². The van der Waals surface area contributed by atoms with Gasteiger partial charge >= 0.3 is 6.18 Å². The Labute approximate surface area is 177 Å². The van der Waals surface area contributed by atoms with Gasteiger partial charge in [0.1, 0.15) is 12.4 Å². The maximum Gasteiger partial charge on any atom is 0.389 e. The molecule has 1 spiro atoms. The molecule has 7 heteroatoms. The number of nitrogens with zero attached hydrogens (tertiary/aromatic N) is 2. The van der Waals surface area contributed by atoms with Gasteiger partial charge in [0.15, 0.2) is 0 Å². The predicted octanol–water partition coefficient (Wildman–Crippen LogP) is 4.67. The summed E-state index contributed by atoms with van der Waals surface area (Å²) in [5, 5.41) is 0. The van der Waals surface area contributed by atoms with Crippen molar-refractivity contribution in [2.75, 3.05) is 39.8 Å². The molecule has 0 radical (unpaired) electrons. The molecule has 1 aromatic rings. The van der Waals surface area contributed by atoms with Crippen LogP contribution in [0.1, 0.15) is 50.5 Å². The number of likely N-dealkylation sites (tertiary alicyclic amines) is 1. The molecule has 0 bridgehead atoms. The molecule has 0 atom stereocenters. The van der Waals surface area contributed by atoms with Gasteiger partial charge in [-0.2, -0.15) is 13.2 Å². The number of alkyl halides is 3. The van der Waals surface area contributed by atoms with Gasteiger partial charge in [0, 0.05) is 32.6 Å². The average Bonchev–Trinajstić information content (AvgIpc) is 2.69. The highest BCUT2D eigenvalue weighted by atomic mass is 19.4. The number of halogens is 3. The fourth-order valence-electron chi connectivity index (χ4n) is 4.75. The second kappa shape index (κ2) is 10.0. The molecule has 2 aliphatic rings. The summed E-state index contributed by atoms with van der Waals surface area (Å²) in [5.74, 6) is 0.612. The minimum Gasteiger partial charge on any atom is -0.492 e. The summed E-state index contributed by atoms with van der Waals surface area (Å²) in [6, 6.07) is 8.22. The number of ether oxygens (including phenoxy) is 1. The Kier molecular flexibility index (Phi) is 7.66. The standard InChI is InChI=1S/C23H33F3N2O2/c1-27-16-17-30-20-8-3-2-6-19(20)7-4-5-10-22(18-27)12-14-28(15-13-22)21(29)9-11-23(24,25)26/h2-3,6,8H,4-5,7,9-18H2,1H3. The lowest BCUT2D eigenvalue weighted by Gasteiger charge is -2.44. The zero-order valence-electron chi connectivity index (χ0n) is 17.8. The molecular formula is C23H33F3N2O2. The zero-order chi connectivity index (χ0) is 21.6. The van der Waals surface area contributed by atoms with E-state index < -0.39 is 19.0 Å². The maximum absolute atomic E-state index is 12.4. The first kappa shape index (κ1) is 22.9. The van der Waals surface area contributed by atoms with Gasteiger partial charge in [-0.25, -0.2) is 0 Å². The number of para-hydroxylation sites is 1. The summed E-state index contributed by atoms with van der Waals surface area (Å²) >= 11 is 0. The van der Waals surface area contributed by atoms with Crippen LogP contribution in [0.5, 0.6) is 5.75 Å². The van der Waals surface area contributed by atoms with Crippen LogP contribution in [0.2, 0.25) is 0 Å². The summed E-state index contributed by atoms with van der Waals surface area (Å²) in [7, 11) is 2.10. The lowest BCUT2D eigenvalue weighted by atomic mass is 9.73. The number of hydrogen-bond donors (Lipinski definition) is 0. The van der Waals surface area contributed by atoms with E-state index in [1.54, 1.807) is 4.90 Å². The molecule has 3 rings (SSSR count). The van der Waals surface area contributed by atoms with Gasteiger partial charge < -0.3 is 14.5 Å². The minimum absolute atomic E-state index is 0.119. The van der Waals surface area contributed by atoms with Gasteiger partial charge in [0.2, 0.25) is 5.91 Å². The molecule has 0 saturated carbocycles. The van der Waals surface area contributed by atoms with Crippen LogP contribution in [-0.4, -0.2) is 61.7 Å². The molecule has 30 heavy (non-hydrogen) atoms. The van der Waals surface area contributed by atoms with Crippen molar-refractivity contribution in [3.05, 3.63) is 29.8 Å². The highest BCUT2D eigenvalue weighted by Crippen LogP contribution is 2.38. The van der Waals surface area contributed by atoms with E-state index in [0.717, 1.165) is 57.4 Å². The second-order valence-corrected chi connectivity index (χ2v) is 8.90. The highest BCUT2D eigenvalue weighted by molar-refractivity contribution is 5.76. The number of amides is 1. The van der Waals surface area contributed by atoms with Gasteiger partial charge in [-0.15, -0.1) is 0 Å². The van der Waals surface area contributed by atoms with Crippen LogP contribution >= 0.6 is 0 Å².